The lowest BCUT2D eigenvalue weighted by molar-refractivity contribution is -0.140. The molecular weight excluding hydrogens is 577 g/mol. The van der Waals surface area contributed by atoms with Crippen LogP contribution in [0.5, 0.6) is 0 Å². The van der Waals surface area contributed by atoms with E-state index in [9.17, 15) is 37.8 Å². The van der Waals surface area contributed by atoms with Gasteiger partial charge in [-0.15, -0.1) is 11.3 Å². The molecule has 42 heavy (non-hydrogen) atoms. The Labute approximate surface area is 241 Å². The van der Waals surface area contributed by atoms with Gasteiger partial charge in [-0.3, -0.25) is 10.1 Å². The van der Waals surface area contributed by atoms with Gasteiger partial charge in [0.25, 0.3) is 0 Å². The van der Waals surface area contributed by atoms with Crippen molar-refractivity contribution >= 4 is 40.2 Å². The first-order valence-corrected chi connectivity index (χ1v) is 13.5. The van der Waals surface area contributed by atoms with Crippen LogP contribution in [0.3, 0.4) is 0 Å². The maximum absolute atomic E-state index is 13.4. The van der Waals surface area contributed by atoms with Crippen molar-refractivity contribution in [3.05, 3.63) is 57.6 Å². The van der Waals surface area contributed by atoms with Gasteiger partial charge in [0.05, 0.1) is 18.0 Å². The molecule has 0 bridgehead atoms. The van der Waals surface area contributed by atoms with Crippen LogP contribution >= 0.6 is 11.3 Å². The zero-order chi connectivity index (χ0) is 31.0. The normalized spacial score (nSPS) is 12.8. The molecule has 4 rings (SSSR count). The third kappa shape index (κ3) is 6.11. The number of fused-ring (bicyclic) bond motifs is 1. The van der Waals surface area contributed by atoms with Crippen LogP contribution in [-0.2, 0) is 6.18 Å². The van der Waals surface area contributed by atoms with Crippen molar-refractivity contribution in [2.45, 2.75) is 39.9 Å². The number of halogens is 3. The van der Waals surface area contributed by atoms with E-state index in [4.69, 9.17) is 0 Å². The molecule has 0 fully saturated rings. The predicted molar refractivity (Wildman–Crippen MR) is 151 cm³/mol. The molecule has 4 N–H and O–H groups in total. The first-order valence-electron chi connectivity index (χ1n) is 12.6. The third-order valence-electron chi connectivity index (χ3n) is 6.43. The van der Waals surface area contributed by atoms with Gasteiger partial charge in [0, 0.05) is 47.2 Å². The molecule has 0 aliphatic rings. The van der Waals surface area contributed by atoms with Crippen molar-refractivity contribution in [1.29, 1.82) is 0 Å². The van der Waals surface area contributed by atoms with Crippen molar-refractivity contribution in [2.75, 3.05) is 18.5 Å². The smallest absolute Gasteiger partial charge is 0.434 e. The quantitative estimate of drug-likeness (QED) is 0.229. The Morgan fingerprint density at radius 2 is 1.83 bits per heavy atom. The Morgan fingerprint density at radius 1 is 1.12 bits per heavy atom. The number of hydrogen-bond acceptors (Lipinski definition) is 8. The van der Waals surface area contributed by atoms with E-state index in [0.717, 1.165) is 22.9 Å². The van der Waals surface area contributed by atoms with E-state index < -0.39 is 46.3 Å². The van der Waals surface area contributed by atoms with Crippen molar-refractivity contribution in [3.63, 3.8) is 0 Å². The number of aromatic carboxylic acids is 1. The average Bonchev–Trinajstić information content (AvgIpc) is 3.40. The summed E-state index contributed by atoms with van der Waals surface area (Å²) in [5.74, 6) is -1.44. The van der Waals surface area contributed by atoms with Crippen LogP contribution in [0.4, 0.5) is 23.8 Å². The van der Waals surface area contributed by atoms with Gasteiger partial charge in [-0.2, -0.15) is 13.2 Å². The van der Waals surface area contributed by atoms with Gasteiger partial charge in [0.2, 0.25) is 5.43 Å². The van der Waals surface area contributed by atoms with Gasteiger partial charge in [-0.05, 0) is 24.5 Å². The van der Waals surface area contributed by atoms with Crippen LogP contribution in [0, 0.1) is 5.41 Å². The van der Waals surface area contributed by atoms with Gasteiger partial charge in [-0.25, -0.2) is 24.5 Å². The molecule has 2 amide bonds. The number of carboxylic acids is 1. The number of pyridine rings is 3. The predicted octanol–water partition coefficient (Wildman–Crippen LogP) is 5.02. The first kappa shape index (κ1) is 30.6. The number of anilines is 1. The second kappa shape index (κ2) is 11.5. The van der Waals surface area contributed by atoms with Gasteiger partial charge >= 0.3 is 18.2 Å². The standard InChI is InChI=1S/C27H27F3N6O5S/c1-5-31-25(41)35-20-7-14(23-34-18(12-42-23)27(28,29)30)16(9-32-20)13-6-15-21(38)17(24(39)40)10-36(22(15)33-8-13)19(11-37)26(2,3)4/h6-10,12,19,37H,5,11H2,1-4H3,(H,39,40)(H2,31,32,35,41)/t19-/m1/s1. The van der Waals surface area contributed by atoms with Crippen LogP contribution in [0.2, 0.25) is 0 Å². The number of nitrogens with one attached hydrogen (secondary N) is 2. The number of nitrogens with zero attached hydrogens (tertiary/aromatic N) is 4. The van der Waals surface area contributed by atoms with E-state index in [1.165, 1.54) is 29.1 Å². The van der Waals surface area contributed by atoms with E-state index in [1.807, 2.05) is 20.8 Å². The Morgan fingerprint density at radius 3 is 2.40 bits per heavy atom. The molecule has 4 heterocycles. The van der Waals surface area contributed by atoms with E-state index >= 15 is 0 Å². The Hall–Kier alpha value is -4.37. The topological polar surface area (TPSA) is 159 Å². The summed E-state index contributed by atoms with van der Waals surface area (Å²) in [7, 11) is 0. The lowest BCUT2D eigenvalue weighted by atomic mass is 9.86. The van der Waals surface area contributed by atoms with E-state index in [-0.39, 0.29) is 45.2 Å². The molecular formula is C27H27F3N6O5S. The lowest BCUT2D eigenvalue weighted by Crippen LogP contribution is -2.31. The fraction of sp³-hybridized carbons (Fsp3) is 0.333. The molecule has 0 saturated carbocycles. The SMILES string of the molecule is CCNC(=O)Nc1cc(-c2nc(C(F)(F)F)cs2)c(-c2cnc3c(c2)c(=O)c(C(=O)O)cn3[C@H](CO)C(C)(C)C)cn1. The molecule has 222 valence electrons. The van der Waals surface area contributed by atoms with Crippen molar-refractivity contribution in [3.8, 4) is 21.7 Å². The number of carbonyl (C=O) groups is 2. The molecule has 0 radical (unpaired) electrons. The minimum absolute atomic E-state index is 0.0312. The fourth-order valence-corrected chi connectivity index (χ4v) is 5.19. The third-order valence-corrected chi connectivity index (χ3v) is 7.30. The minimum Gasteiger partial charge on any atom is -0.477 e. The molecule has 4 aromatic rings. The van der Waals surface area contributed by atoms with Crippen LogP contribution in [-0.4, -0.2) is 54.9 Å². The number of carbonyl (C=O) groups excluding carboxylic acids is 1. The number of aliphatic hydroxyl groups excluding tert-OH is 1. The zero-order valence-electron chi connectivity index (χ0n) is 22.9. The van der Waals surface area contributed by atoms with Crippen LogP contribution < -0.4 is 16.1 Å². The zero-order valence-corrected chi connectivity index (χ0v) is 23.7. The van der Waals surface area contributed by atoms with Crippen molar-refractivity contribution in [2.24, 2.45) is 5.41 Å². The highest BCUT2D eigenvalue weighted by atomic mass is 32.1. The summed E-state index contributed by atoms with van der Waals surface area (Å²) in [6.07, 6.45) is -0.886. The molecule has 0 unspecified atom stereocenters. The van der Waals surface area contributed by atoms with E-state index in [2.05, 4.69) is 25.6 Å². The van der Waals surface area contributed by atoms with Crippen molar-refractivity contribution < 1.29 is 33.0 Å². The summed E-state index contributed by atoms with van der Waals surface area (Å²) in [6, 6.07) is 1.50. The summed E-state index contributed by atoms with van der Waals surface area (Å²) in [5.41, 5.74) is -2.29. The largest absolute Gasteiger partial charge is 0.477 e. The molecule has 11 nitrogen and oxygen atoms in total. The number of rotatable bonds is 7. The van der Waals surface area contributed by atoms with Crippen molar-refractivity contribution in [1.82, 2.24) is 24.8 Å². The Kier molecular flexibility index (Phi) is 8.36. The number of amides is 2. The van der Waals surface area contributed by atoms with Gasteiger partial charge in [0.1, 0.15) is 22.0 Å². The maximum atomic E-state index is 13.4. The van der Waals surface area contributed by atoms with Crippen LogP contribution in [0.25, 0.3) is 32.7 Å². The Bertz CT molecular complexity index is 1730. The molecule has 1 atom stereocenters. The number of hydrogen-bond donors (Lipinski definition) is 4. The number of aromatic nitrogens is 4. The monoisotopic (exact) mass is 604 g/mol. The lowest BCUT2D eigenvalue weighted by Gasteiger charge is -2.32. The number of aliphatic hydroxyl groups is 1. The summed E-state index contributed by atoms with van der Waals surface area (Å²) in [4.78, 5) is 49.7. The first-order chi connectivity index (χ1) is 19.6. The van der Waals surface area contributed by atoms with Crippen LogP contribution in [0.15, 0.2) is 40.9 Å². The summed E-state index contributed by atoms with van der Waals surface area (Å²) in [5, 5.41) is 25.7. The summed E-state index contributed by atoms with van der Waals surface area (Å²) in [6.45, 7) is 7.17. The van der Waals surface area contributed by atoms with Gasteiger partial charge in [-0.1, -0.05) is 20.8 Å². The Balaban J connectivity index is 1.97. The second-order valence-electron chi connectivity index (χ2n) is 10.4. The fourth-order valence-electron chi connectivity index (χ4n) is 4.33. The molecule has 0 spiro atoms. The number of alkyl halides is 3. The molecule has 0 aliphatic carbocycles. The molecule has 15 heteroatoms. The second-order valence-corrected chi connectivity index (χ2v) is 11.2. The van der Waals surface area contributed by atoms with E-state index in [0.29, 0.717) is 6.54 Å². The summed E-state index contributed by atoms with van der Waals surface area (Å²) < 4.78 is 41.5. The summed E-state index contributed by atoms with van der Waals surface area (Å²) >= 11 is 0.722. The average molecular weight is 605 g/mol. The highest BCUT2D eigenvalue weighted by Gasteiger charge is 2.34. The van der Waals surface area contributed by atoms with Gasteiger partial charge in [0.15, 0.2) is 5.69 Å². The molecule has 4 aromatic heterocycles. The van der Waals surface area contributed by atoms with Gasteiger partial charge < -0.3 is 20.1 Å². The number of carboxylic acid groups (broad SMARTS) is 1. The number of thiazole rings is 1. The van der Waals surface area contributed by atoms with E-state index in [1.54, 1.807) is 6.92 Å². The van der Waals surface area contributed by atoms with Crippen LogP contribution in [0.1, 0.15) is 49.8 Å². The molecule has 0 aliphatic heterocycles. The molecule has 0 saturated heterocycles. The maximum Gasteiger partial charge on any atom is 0.434 e. The molecule has 0 aromatic carbocycles. The number of urea groups is 1. The highest BCUT2D eigenvalue weighted by Crippen LogP contribution is 2.39. The minimum atomic E-state index is -4.69. The highest BCUT2D eigenvalue weighted by molar-refractivity contribution is 7.13.